The van der Waals surface area contributed by atoms with Gasteiger partial charge in [-0.05, 0) is 31.2 Å². The van der Waals surface area contributed by atoms with E-state index in [1.165, 1.54) is 0 Å². The number of nitrogens with two attached hydrogens (primary N) is 1. The number of benzene rings is 1. The van der Waals surface area contributed by atoms with Crippen LogP contribution in [0, 0.1) is 0 Å². The first-order valence-corrected chi connectivity index (χ1v) is 6.39. The summed E-state index contributed by atoms with van der Waals surface area (Å²) in [6.07, 6.45) is 1.88. The Balaban J connectivity index is 2.04. The monoisotopic (exact) mass is 274 g/mol. The first-order valence-electron chi connectivity index (χ1n) is 6.39. The zero-order chi connectivity index (χ0) is 14.5. The van der Waals surface area contributed by atoms with Gasteiger partial charge in [-0.3, -0.25) is 4.68 Å². The summed E-state index contributed by atoms with van der Waals surface area (Å²) in [5.74, 6) is -0.365. The summed E-state index contributed by atoms with van der Waals surface area (Å²) in [6, 6.07) is 6.99. The summed E-state index contributed by atoms with van der Waals surface area (Å²) < 4.78 is 6.67. The number of nitrogens with one attached hydrogen (secondary N) is 1. The van der Waals surface area contributed by atoms with Crippen LogP contribution in [0.1, 0.15) is 23.0 Å². The molecular weight excluding hydrogens is 256 g/mol. The molecule has 2 rings (SSSR count). The van der Waals surface area contributed by atoms with E-state index in [2.05, 4.69) is 10.4 Å². The normalized spacial score (nSPS) is 10.3. The second-order valence-electron chi connectivity index (χ2n) is 4.36. The Labute approximate surface area is 117 Å². The Morgan fingerprint density at radius 3 is 2.85 bits per heavy atom. The minimum absolute atomic E-state index is 0.346. The summed E-state index contributed by atoms with van der Waals surface area (Å²) in [6.45, 7) is 2.69. The molecule has 0 unspecified atom stereocenters. The van der Waals surface area contributed by atoms with E-state index in [0.717, 1.165) is 11.4 Å². The molecule has 1 aromatic heterocycles. The first-order chi connectivity index (χ1) is 9.60. The van der Waals surface area contributed by atoms with Crippen molar-refractivity contribution >= 4 is 17.3 Å². The van der Waals surface area contributed by atoms with Gasteiger partial charge in [-0.2, -0.15) is 5.10 Å². The molecule has 0 atom stereocenters. The molecule has 0 radical (unpaired) electrons. The van der Waals surface area contributed by atoms with E-state index in [1.807, 2.05) is 19.3 Å². The number of aryl methyl sites for hydroxylation is 1. The molecule has 0 aliphatic heterocycles. The quantitative estimate of drug-likeness (QED) is 0.641. The van der Waals surface area contributed by atoms with Gasteiger partial charge in [0, 0.05) is 13.2 Å². The molecule has 0 aliphatic carbocycles. The van der Waals surface area contributed by atoms with Gasteiger partial charge in [0.15, 0.2) is 0 Å². The average molecular weight is 274 g/mol. The third kappa shape index (κ3) is 3.28. The zero-order valence-corrected chi connectivity index (χ0v) is 11.6. The molecule has 0 saturated heterocycles. The predicted octanol–water partition coefficient (Wildman–Crippen LogP) is 1.79. The Morgan fingerprint density at radius 1 is 1.45 bits per heavy atom. The van der Waals surface area contributed by atoms with Crippen molar-refractivity contribution in [2.24, 2.45) is 7.05 Å². The third-order valence-electron chi connectivity index (χ3n) is 2.79. The van der Waals surface area contributed by atoms with Crippen LogP contribution < -0.4 is 11.1 Å². The maximum atomic E-state index is 11.6. The van der Waals surface area contributed by atoms with E-state index in [-0.39, 0.29) is 5.97 Å². The third-order valence-corrected chi connectivity index (χ3v) is 2.79. The van der Waals surface area contributed by atoms with Crippen LogP contribution in [0.25, 0.3) is 0 Å². The van der Waals surface area contributed by atoms with Gasteiger partial charge in [0.05, 0.1) is 35.8 Å². The molecular formula is C14H18N4O2. The van der Waals surface area contributed by atoms with Crippen molar-refractivity contribution in [1.29, 1.82) is 0 Å². The van der Waals surface area contributed by atoms with E-state index >= 15 is 0 Å². The number of carbonyl (C=O) groups excluding carboxylic acids is 1. The number of carbonyl (C=O) groups is 1. The van der Waals surface area contributed by atoms with Crippen molar-refractivity contribution < 1.29 is 9.53 Å². The Kier molecular flexibility index (Phi) is 4.24. The van der Waals surface area contributed by atoms with Crippen LogP contribution in [-0.4, -0.2) is 22.4 Å². The summed E-state index contributed by atoms with van der Waals surface area (Å²) in [5, 5.41) is 7.45. The highest BCUT2D eigenvalue weighted by Gasteiger charge is 2.09. The fourth-order valence-electron chi connectivity index (χ4n) is 1.81. The minimum atomic E-state index is -0.365. The van der Waals surface area contributed by atoms with Gasteiger partial charge in [-0.1, -0.05) is 0 Å². The Bertz CT molecular complexity index is 607. The van der Waals surface area contributed by atoms with Crippen molar-refractivity contribution in [3.8, 4) is 0 Å². The summed E-state index contributed by atoms with van der Waals surface area (Å²) in [7, 11) is 1.87. The number of aromatic nitrogens is 2. The fourth-order valence-corrected chi connectivity index (χ4v) is 1.81. The molecule has 0 spiro atoms. The number of nitrogen functional groups attached to an aromatic ring is 1. The van der Waals surface area contributed by atoms with Gasteiger partial charge >= 0.3 is 5.97 Å². The molecule has 0 bridgehead atoms. The highest BCUT2D eigenvalue weighted by molar-refractivity contribution is 5.91. The lowest BCUT2D eigenvalue weighted by Gasteiger charge is -2.09. The maximum Gasteiger partial charge on any atom is 0.338 e. The number of hydrogen-bond acceptors (Lipinski definition) is 5. The standard InChI is InChI=1S/C14H18N4O2/c1-3-20-14(19)10-4-5-13(12(15)8-10)16-9-11-6-7-18(2)17-11/h4-8,16H,3,9,15H2,1-2H3. The molecule has 3 N–H and O–H groups in total. The van der Waals surface area contributed by atoms with Crippen molar-refractivity contribution in [2.75, 3.05) is 17.7 Å². The largest absolute Gasteiger partial charge is 0.462 e. The minimum Gasteiger partial charge on any atom is -0.462 e. The van der Waals surface area contributed by atoms with E-state index in [0.29, 0.717) is 24.4 Å². The fraction of sp³-hybridized carbons (Fsp3) is 0.286. The van der Waals surface area contributed by atoms with Crippen LogP contribution in [0.15, 0.2) is 30.5 Å². The second-order valence-corrected chi connectivity index (χ2v) is 4.36. The lowest BCUT2D eigenvalue weighted by atomic mass is 10.1. The first kappa shape index (κ1) is 13.9. The maximum absolute atomic E-state index is 11.6. The number of nitrogens with zero attached hydrogens (tertiary/aromatic N) is 2. The zero-order valence-electron chi connectivity index (χ0n) is 11.6. The van der Waals surface area contributed by atoms with Crippen LogP contribution >= 0.6 is 0 Å². The summed E-state index contributed by atoms with van der Waals surface area (Å²) in [4.78, 5) is 11.6. The van der Waals surface area contributed by atoms with E-state index < -0.39 is 0 Å². The SMILES string of the molecule is CCOC(=O)c1ccc(NCc2ccn(C)n2)c(N)c1. The van der Waals surface area contributed by atoms with Crippen LogP contribution in [0.3, 0.4) is 0 Å². The highest BCUT2D eigenvalue weighted by atomic mass is 16.5. The van der Waals surface area contributed by atoms with Crippen LogP contribution in [-0.2, 0) is 18.3 Å². The second kappa shape index (κ2) is 6.10. The number of hydrogen-bond donors (Lipinski definition) is 2. The Morgan fingerprint density at radius 2 is 2.25 bits per heavy atom. The molecule has 6 nitrogen and oxygen atoms in total. The van der Waals surface area contributed by atoms with Gasteiger partial charge in [0.2, 0.25) is 0 Å². The van der Waals surface area contributed by atoms with Gasteiger partial charge in [-0.25, -0.2) is 4.79 Å². The number of esters is 1. The summed E-state index contributed by atoms with van der Waals surface area (Å²) in [5.41, 5.74) is 8.57. The van der Waals surface area contributed by atoms with Crippen molar-refractivity contribution in [1.82, 2.24) is 9.78 Å². The van der Waals surface area contributed by atoms with E-state index in [9.17, 15) is 4.79 Å². The molecule has 2 aromatic rings. The van der Waals surface area contributed by atoms with E-state index in [1.54, 1.807) is 29.8 Å². The van der Waals surface area contributed by atoms with Crippen LogP contribution in [0.5, 0.6) is 0 Å². The molecule has 106 valence electrons. The van der Waals surface area contributed by atoms with E-state index in [4.69, 9.17) is 10.5 Å². The van der Waals surface area contributed by atoms with Gasteiger partial charge in [-0.15, -0.1) is 0 Å². The molecule has 0 saturated carbocycles. The van der Waals surface area contributed by atoms with Crippen molar-refractivity contribution in [2.45, 2.75) is 13.5 Å². The van der Waals surface area contributed by atoms with Gasteiger partial charge in [0.25, 0.3) is 0 Å². The molecule has 0 amide bonds. The predicted molar refractivity (Wildman–Crippen MR) is 77.3 cm³/mol. The van der Waals surface area contributed by atoms with Crippen molar-refractivity contribution in [3.63, 3.8) is 0 Å². The molecule has 1 aromatic carbocycles. The Hall–Kier alpha value is -2.50. The molecule has 1 heterocycles. The smallest absolute Gasteiger partial charge is 0.338 e. The average Bonchev–Trinajstić information content (AvgIpc) is 2.83. The lowest BCUT2D eigenvalue weighted by Crippen LogP contribution is -2.07. The van der Waals surface area contributed by atoms with Crippen molar-refractivity contribution in [3.05, 3.63) is 41.7 Å². The number of ether oxygens (including phenoxy) is 1. The van der Waals surface area contributed by atoms with Gasteiger partial charge < -0.3 is 15.8 Å². The summed E-state index contributed by atoms with van der Waals surface area (Å²) >= 11 is 0. The van der Waals surface area contributed by atoms with Crippen LogP contribution in [0.4, 0.5) is 11.4 Å². The number of anilines is 2. The molecule has 0 fully saturated rings. The van der Waals surface area contributed by atoms with Gasteiger partial charge in [0.1, 0.15) is 0 Å². The molecule has 20 heavy (non-hydrogen) atoms. The van der Waals surface area contributed by atoms with Crippen LogP contribution in [0.2, 0.25) is 0 Å². The number of rotatable bonds is 5. The molecule has 6 heteroatoms. The lowest BCUT2D eigenvalue weighted by molar-refractivity contribution is 0.0526. The highest BCUT2D eigenvalue weighted by Crippen LogP contribution is 2.21. The molecule has 0 aliphatic rings. The topological polar surface area (TPSA) is 82.2 Å².